The molecule has 0 aliphatic rings. The molecular formula is C20H17NO2S2. The fraction of sp³-hybridized carbons (Fsp3) is 0.150. The Labute approximate surface area is 154 Å². The summed E-state index contributed by atoms with van der Waals surface area (Å²) in [6, 6.07) is 15.8. The number of ether oxygens (including phenoxy) is 1. The maximum Gasteiger partial charge on any atom is 0.138 e. The maximum absolute atomic E-state index is 11.1. The van der Waals surface area contributed by atoms with Crippen LogP contribution in [0.2, 0.25) is 0 Å². The normalized spacial score (nSPS) is 13.7. The van der Waals surface area contributed by atoms with Gasteiger partial charge in [0.1, 0.15) is 16.4 Å². The fourth-order valence-electron chi connectivity index (χ4n) is 2.84. The summed E-state index contributed by atoms with van der Waals surface area (Å²) < 4.78 is 6.43. The predicted octanol–water partition coefficient (Wildman–Crippen LogP) is 5.29. The Kier molecular flexibility index (Phi) is 4.07. The van der Waals surface area contributed by atoms with Crippen molar-refractivity contribution in [1.29, 1.82) is 0 Å². The van der Waals surface area contributed by atoms with E-state index in [9.17, 15) is 5.11 Å². The van der Waals surface area contributed by atoms with Gasteiger partial charge in [-0.2, -0.15) is 0 Å². The molecule has 25 heavy (non-hydrogen) atoms. The van der Waals surface area contributed by atoms with Crippen LogP contribution in [0, 0.1) is 0 Å². The van der Waals surface area contributed by atoms with E-state index in [0.717, 1.165) is 22.6 Å². The number of thiazole rings is 1. The van der Waals surface area contributed by atoms with Crippen molar-refractivity contribution in [3.8, 4) is 17.0 Å². The van der Waals surface area contributed by atoms with Crippen LogP contribution in [-0.4, -0.2) is 17.2 Å². The van der Waals surface area contributed by atoms with Gasteiger partial charge in [-0.1, -0.05) is 30.3 Å². The van der Waals surface area contributed by atoms with E-state index in [4.69, 9.17) is 9.72 Å². The molecule has 2 aromatic carbocycles. The predicted molar refractivity (Wildman–Crippen MR) is 105 cm³/mol. The Hall–Kier alpha value is -2.21. The van der Waals surface area contributed by atoms with Crippen LogP contribution in [0.5, 0.6) is 5.75 Å². The molecule has 3 nitrogen and oxygen atoms in total. The smallest absolute Gasteiger partial charge is 0.138 e. The van der Waals surface area contributed by atoms with Gasteiger partial charge < -0.3 is 9.84 Å². The van der Waals surface area contributed by atoms with Crippen LogP contribution in [0.15, 0.2) is 59.3 Å². The van der Waals surface area contributed by atoms with Gasteiger partial charge in [-0.3, -0.25) is 0 Å². The number of hydrogen-bond donors (Lipinski definition) is 1. The molecule has 1 atom stereocenters. The maximum atomic E-state index is 11.1. The first kappa shape index (κ1) is 16.3. The third kappa shape index (κ3) is 2.84. The van der Waals surface area contributed by atoms with Crippen molar-refractivity contribution >= 4 is 32.8 Å². The molecule has 0 spiro atoms. The molecule has 4 aromatic rings. The monoisotopic (exact) mass is 367 g/mol. The quantitative estimate of drug-likeness (QED) is 0.533. The van der Waals surface area contributed by atoms with E-state index in [1.165, 1.54) is 21.4 Å². The summed E-state index contributed by atoms with van der Waals surface area (Å²) in [7, 11) is 1.63. The summed E-state index contributed by atoms with van der Waals surface area (Å²) in [4.78, 5) is 4.74. The molecule has 0 fully saturated rings. The summed E-state index contributed by atoms with van der Waals surface area (Å²) >= 11 is 3.19. The van der Waals surface area contributed by atoms with Gasteiger partial charge in [0.05, 0.1) is 12.8 Å². The standard InChI is InChI=1S/C20H17NO2S2/c1-20(22,13-7-9-14(23-2)10-8-13)19-21-17(12-25-19)16-11-24-18-6-4-3-5-15(16)18/h3-12,22H,1-2H3. The van der Waals surface area contributed by atoms with Crippen LogP contribution in [-0.2, 0) is 5.60 Å². The van der Waals surface area contributed by atoms with E-state index < -0.39 is 5.60 Å². The van der Waals surface area contributed by atoms with Gasteiger partial charge in [0.15, 0.2) is 0 Å². The molecule has 4 rings (SSSR count). The summed E-state index contributed by atoms with van der Waals surface area (Å²) in [5.41, 5.74) is 1.69. The molecule has 5 heteroatoms. The van der Waals surface area contributed by atoms with Gasteiger partial charge in [0, 0.05) is 26.4 Å². The van der Waals surface area contributed by atoms with Gasteiger partial charge in [-0.05, 0) is 30.7 Å². The van der Waals surface area contributed by atoms with Crippen molar-refractivity contribution in [2.24, 2.45) is 0 Å². The Morgan fingerprint density at radius 1 is 1.00 bits per heavy atom. The largest absolute Gasteiger partial charge is 0.497 e. The topological polar surface area (TPSA) is 42.4 Å². The first-order chi connectivity index (χ1) is 12.1. The van der Waals surface area contributed by atoms with Crippen molar-refractivity contribution < 1.29 is 9.84 Å². The molecule has 0 saturated carbocycles. The highest BCUT2D eigenvalue weighted by atomic mass is 32.1. The zero-order chi connectivity index (χ0) is 17.4. The zero-order valence-corrected chi connectivity index (χ0v) is 15.5. The first-order valence-electron chi connectivity index (χ1n) is 7.89. The number of nitrogens with zero attached hydrogens (tertiary/aromatic N) is 1. The highest BCUT2D eigenvalue weighted by molar-refractivity contribution is 7.17. The molecule has 126 valence electrons. The van der Waals surface area contributed by atoms with Gasteiger partial charge in [-0.25, -0.2) is 4.98 Å². The van der Waals surface area contributed by atoms with E-state index >= 15 is 0 Å². The minimum Gasteiger partial charge on any atom is -0.497 e. The van der Waals surface area contributed by atoms with E-state index in [0.29, 0.717) is 5.01 Å². The van der Waals surface area contributed by atoms with E-state index in [1.807, 2.05) is 41.8 Å². The molecular weight excluding hydrogens is 350 g/mol. The van der Waals surface area contributed by atoms with Crippen LogP contribution in [0.25, 0.3) is 21.3 Å². The van der Waals surface area contributed by atoms with Gasteiger partial charge in [0.2, 0.25) is 0 Å². The molecule has 0 saturated heterocycles. The Balaban J connectivity index is 1.72. The number of aromatic nitrogens is 1. The number of thiophene rings is 1. The van der Waals surface area contributed by atoms with Crippen molar-refractivity contribution in [2.75, 3.05) is 7.11 Å². The lowest BCUT2D eigenvalue weighted by atomic mass is 9.96. The summed E-state index contributed by atoms with van der Waals surface area (Å²) in [6.07, 6.45) is 0. The second-order valence-electron chi connectivity index (χ2n) is 5.98. The zero-order valence-electron chi connectivity index (χ0n) is 13.9. The van der Waals surface area contributed by atoms with E-state index in [1.54, 1.807) is 25.4 Å². The van der Waals surface area contributed by atoms with Crippen LogP contribution in [0.3, 0.4) is 0 Å². The lowest BCUT2D eigenvalue weighted by molar-refractivity contribution is 0.102. The van der Waals surface area contributed by atoms with Gasteiger partial charge >= 0.3 is 0 Å². The average molecular weight is 367 g/mol. The Morgan fingerprint density at radius 2 is 1.76 bits per heavy atom. The van der Waals surface area contributed by atoms with Crippen LogP contribution in [0.1, 0.15) is 17.5 Å². The van der Waals surface area contributed by atoms with Crippen LogP contribution in [0.4, 0.5) is 0 Å². The lowest BCUT2D eigenvalue weighted by Crippen LogP contribution is -2.22. The minimum absolute atomic E-state index is 0.683. The molecule has 0 aliphatic heterocycles. The fourth-order valence-corrected chi connectivity index (χ4v) is 4.69. The Bertz CT molecular complexity index is 1020. The molecule has 0 radical (unpaired) electrons. The molecule has 1 N–H and O–H groups in total. The summed E-state index contributed by atoms with van der Waals surface area (Å²) in [5, 5.41) is 17.1. The third-order valence-electron chi connectivity index (χ3n) is 4.33. The highest BCUT2D eigenvalue weighted by Crippen LogP contribution is 2.38. The number of fused-ring (bicyclic) bond motifs is 1. The number of hydrogen-bond acceptors (Lipinski definition) is 5. The van der Waals surface area contributed by atoms with Crippen molar-refractivity contribution in [3.63, 3.8) is 0 Å². The van der Waals surface area contributed by atoms with E-state index in [-0.39, 0.29) is 0 Å². The average Bonchev–Trinajstić information content (AvgIpc) is 3.28. The summed E-state index contributed by atoms with van der Waals surface area (Å²) in [6.45, 7) is 1.78. The molecule has 0 bridgehead atoms. The van der Waals surface area contributed by atoms with Gasteiger partial charge in [-0.15, -0.1) is 22.7 Å². The van der Waals surface area contributed by atoms with Crippen molar-refractivity contribution in [1.82, 2.24) is 4.98 Å². The number of benzene rings is 2. The molecule has 0 aliphatic carbocycles. The van der Waals surface area contributed by atoms with Crippen molar-refractivity contribution in [2.45, 2.75) is 12.5 Å². The highest BCUT2D eigenvalue weighted by Gasteiger charge is 2.29. The number of rotatable bonds is 4. The second kappa shape index (κ2) is 6.26. The van der Waals surface area contributed by atoms with Crippen LogP contribution >= 0.6 is 22.7 Å². The van der Waals surface area contributed by atoms with Crippen molar-refractivity contribution in [3.05, 3.63) is 69.9 Å². The third-order valence-corrected chi connectivity index (χ3v) is 6.35. The number of aliphatic hydroxyl groups is 1. The molecule has 2 aromatic heterocycles. The van der Waals surface area contributed by atoms with Gasteiger partial charge in [0.25, 0.3) is 0 Å². The molecule has 0 amide bonds. The first-order valence-corrected chi connectivity index (χ1v) is 9.65. The van der Waals surface area contributed by atoms with Crippen LogP contribution < -0.4 is 4.74 Å². The molecule has 2 heterocycles. The number of methoxy groups -OCH3 is 1. The minimum atomic E-state index is -1.14. The Morgan fingerprint density at radius 3 is 2.52 bits per heavy atom. The molecule has 1 unspecified atom stereocenters. The second-order valence-corrected chi connectivity index (χ2v) is 7.75. The lowest BCUT2D eigenvalue weighted by Gasteiger charge is -2.21. The summed E-state index contributed by atoms with van der Waals surface area (Å²) in [5.74, 6) is 0.768. The SMILES string of the molecule is COc1ccc(C(C)(O)c2nc(-c3csc4ccccc34)cs2)cc1. The van der Waals surface area contributed by atoms with E-state index in [2.05, 4.69) is 17.5 Å².